The molecule has 0 aliphatic rings. The number of aliphatic hydroxyl groups excluding tert-OH is 1. The molecule has 0 aromatic carbocycles. The lowest BCUT2D eigenvalue weighted by atomic mass is 10.2. The normalized spacial score (nSPS) is 14.7. The van der Waals surface area contributed by atoms with E-state index in [1.165, 1.54) is 0 Å². The molecular formula is C10H22N2O3. The Kier molecular flexibility index (Phi) is 8.27. The van der Waals surface area contributed by atoms with Gasteiger partial charge in [0, 0.05) is 13.7 Å². The van der Waals surface area contributed by atoms with Crippen LogP contribution in [0.25, 0.3) is 0 Å². The van der Waals surface area contributed by atoms with Gasteiger partial charge in [0.2, 0.25) is 5.91 Å². The lowest BCUT2D eigenvalue weighted by Gasteiger charge is -2.14. The van der Waals surface area contributed by atoms with Gasteiger partial charge < -0.3 is 20.5 Å². The first-order valence-electron chi connectivity index (χ1n) is 5.29. The number of hydrogen-bond acceptors (Lipinski definition) is 4. The minimum atomic E-state index is -0.469. The molecule has 0 bridgehead atoms. The van der Waals surface area contributed by atoms with E-state index in [4.69, 9.17) is 4.74 Å². The molecule has 0 radical (unpaired) electrons. The molecule has 0 spiro atoms. The van der Waals surface area contributed by atoms with Crippen LogP contribution in [0.5, 0.6) is 0 Å². The fourth-order valence-corrected chi connectivity index (χ4v) is 1.16. The van der Waals surface area contributed by atoms with Gasteiger partial charge in [-0.25, -0.2) is 0 Å². The van der Waals surface area contributed by atoms with Gasteiger partial charge in [-0.05, 0) is 26.8 Å². The average Bonchev–Trinajstić information content (AvgIpc) is 2.18. The summed E-state index contributed by atoms with van der Waals surface area (Å²) in [5.74, 6) is -0.0151. The van der Waals surface area contributed by atoms with Crippen LogP contribution in [0.15, 0.2) is 0 Å². The number of hydrogen-bond donors (Lipinski definition) is 3. The van der Waals surface area contributed by atoms with Crippen molar-refractivity contribution < 1.29 is 14.6 Å². The Bertz CT molecular complexity index is 176. The molecule has 0 aromatic heterocycles. The van der Waals surface area contributed by atoms with Crippen molar-refractivity contribution in [2.45, 2.75) is 32.4 Å². The largest absolute Gasteiger partial charge is 0.391 e. The molecule has 5 nitrogen and oxygen atoms in total. The third-order valence-corrected chi connectivity index (χ3v) is 2.03. The summed E-state index contributed by atoms with van der Waals surface area (Å²) in [7, 11) is 1.55. The molecule has 90 valence electrons. The molecule has 0 rings (SSSR count). The summed E-state index contributed by atoms with van der Waals surface area (Å²) in [6.07, 6.45) is 0.112. The molecule has 0 saturated carbocycles. The van der Waals surface area contributed by atoms with Crippen molar-refractivity contribution in [2.24, 2.45) is 0 Å². The lowest BCUT2D eigenvalue weighted by Crippen LogP contribution is -2.43. The third-order valence-electron chi connectivity index (χ3n) is 2.03. The molecule has 0 aliphatic heterocycles. The first-order chi connectivity index (χ1) is 7.11. The predicted octanol–water partition coefficient (Wildman–Crippen LogP) is -0.502. The first kappa shape index (κ1) is 14.3. The van der Waals surface area contributed by atoms with Gasteiger partial charge in [-0.15, -0.1) is 0 Å². The minimum Gasteiger partial charge on any atom is -0.391 e. The van der Waals surface area contributed by atoms with E-state index in [1.54, 1.807) is 14.0 Å². The zero-order chi connectivity index (χ0) is 11.7. The van der Waals surface area contributed by atoms with E-state index in [2.05, 4.69) is 10.6 Å². The van der Waals surface area contributed by atoms with Crippen LogP contribution in [-0.2, 0) is 9.53 Å². The molecule has 0 saturated heterocycles. The van der Waals surface area contributed by atoms with Gasteiger partial charge in [-0.2, -0.15) is 0 Å². The summed E-state index contributed by atoms with van der Waals surface area (Å²) >= 11 is 0. The number of methoxy groups -OCH3 is 1. The Hall–Kier alpha value is -0.650. The first-order valence-corrected chi connectivity index (χ1v) is 5.29. The summed E-state index contributed by atoms with van der Waals surface area (Å²) in [5.41, 5.74) is 0. The molecule has 5 heteroatoms. The maximum absolute atomic E-state index is 11.3. The van der Waals surface area contributed by atoms with Crippen molar-refractivity contribution in [1.29, 1.82) is 0 Å². The molecule has 3 N–H and O–H groups in total. The quantitative estimate of drug-likeness (QED) is 0.513. The summed E-state index contributed by atoms with van der Waals surface area (Å²) in [4.78, 5) is 11.3. The minimum absolute atomic E-state index is 0.0151. The van der Waals surface area contributed by atoms with Crippen molar-refractivity contribution in [2.75, 3.05) is 26.8 Å². The number of ether oxygens (including phenoxy) is 1. The van der Waals surface area contributed by atoms with E-state index in [9.17, 15) is 9.90 Å². The van der Waals surface area contributed by atoms with Crippen LogP contribution in [0.3, 0.4) is 0 Å². The Morgan fingerprint density at radius 3 is 2.73 bits per heavy atom. The van der Waals surface area contributed by atoms with Crippen molar-refractivity contribution in [3.63, 3.8) is 0 Å². The van der Waals surface area contributed by atoms with E-state index in [-0.39, 0.29) is 11.9 Å². The van der Waals surface area contributed by atoms with Gasteiger partial charge >= 0.3 is 0 Å². The Morgan fingerprint density at radius 2 is 2.20 bits per heavy atom. The maximum Gasteiger partial charge on any atom is 0.236 e. The van der Waals surface area contributed by atoms with Gasteiger partial charge in [0.25, 0.3) is 0 Å². The van der Waals surface area contributed by atoms with E-state index in [0.717, 1.165) is 0 Å². The number of carbonyl (C=O) groups excluding carboxylic acids is 1. The van der Waals surface area contributed by atoms with Gasteiger partial charge in [0.05, 0.1) is 18.8 Å². The zero-order valence-electron chi connectivity index (χ0n) is 9.75. The topological polar surface area (TPSA) is 70.6 Å². The maximum atomic E-state index is 11.3. The molecule has 0 aliphatic carbocycles. The number of amides is 1. The van der Waals surface area contributed by atoms with Crippen molar-refractivity contribution in [3.05, 3.63) is 0 Å². The Morgan fingerprint density at radius 1 is 1.53 bits per heavy atom. The van der Waals surface area contributed by atoms with Crippen molar-refractivity contribution in [1.82, 2.24) is 10.6 Å². The fraction of sp³-hybridized carbons (Fsp3) is 0.900. The highest BCUT2D eigenvalue weighted by molar-refractivity contribution is 5.81. The smallest absolute Gasteiger partial charge is 0.236 e. The number of likely N-dealkylation sites (N-methyl/N-ethyl adjacent to an activating group) is 1. The Balaban J connectivity index is 3.53. The molecule has 15 heavy (non-hydrogen) atoms. The molecule has 0 aromatic rings. The van der Waals surface area contributed by atoms with E-state index >= 15 is 0 Å². The summed E-state index contributed by atoms with van der Waals surface area (Å²) in [5, 5.41) is 15.1. The lowest BCUT2D eigenvalue weighted by molar-refractivity contribution is -0.122. The van der Waals surface area contributed by atoms with Gasteiger partial charge in [-0.1, -0.05) is 0 Å². The summed E-state index contributed by atoms with van der Waals surface area (Å²) in [6.45, 7) is 5.25. The number of rotatable bonds is 8. The van der Waals surface area contributed by atoms with E-state index < -0.39 is 6.10 Å². The van der Waals surface area contributed by atoms with Crippen LogP contribution in [0.2, 0.25) is 0 Å². The highest BCUT2D eigenvalue weighted by Crippen LogP contribution is 1.91. The standard InChI is InChI=1S/C10H22N2O3/c1-4-11-10(14)8(2)12-6-5-9(13)7-15-3/h8-9,12-13H,4-7H2,1-3H3,(H,11,14). The monoisotopic (exact) mass is 218 g/mol. The number of nitrogens with one attached hydrogen (secondary N) is 2. The van der Waals surface area contributed by atoms with Crippen LogP contribution in [0.1, 0.15) is 20.3 Å². The Labute approximate surface area is 91.2 Å². The summed E-state index contributed by atoms with van der Waals surface area (Å²) in [6, 6.07) is -0.223. The highest BCUT2D eigenvalue weighted by atomic mass is 16.5. The van der Waals surface area contributed by atoms with Gasteiger partial charge in [0.1, 0.15) is 0 Å². The number of aliphatic hydroxyl groups is 1. The number of carbonyl (C=O) groups is 1. The molecule has 0 heterocycles. The zero-order valence-corrected chi connectivity index (χ0v) is 9.75. The predicted molar refractivity (Wildman–Crippen MR) is 58.6 cm³/mol. The molecule has 2 unspecified atom stereocenters. The van der Waals surface area contributed by atoms with E-state index in [1.807, 2.05) is 6.92 Å². The third kappa shape index (κ3) is 7.30. The highest BCUT2D eigenvalue weighted by Gasteiger charge is 2.11. The van der Waals surface area contributed by atoms with E-state index in [0.29, 0.717) is 26.1 Å². The average molecular weight is 218 g/mol. The molecule has 2 atom stereocenters. The van der Waals surface area contributed by atoms with Gasteiger partial charge in [-0.3, -0.25) is 4.79 Å². The van der Waals surface area contributed by atoms with Crippen molar-refractivity contribution in [3.8, 4) is 0 Å². The second-order valence-electron chi connectivity index (χ2n) is 3.47. The van der Waals surface area contributed by atoms with Crippen LogP contribution >= 0.6 is 0 Å². The second-order valence-corrected chi connectivity index (χ2v) is 3.47. The fourth-order valence-electron chi connectivity index (χ4n) is 1.16. The van der Waals surface area contributed by atoms with Crippen LogP contribution < -0.4 is 10.6 Å². The van der Waals surface area contributed by atoms with Crippen LogP contribution in [-0.4, -0.2) is 50.0 Å². The SMILES string of the molecule is CCNC(=O)C(C)NCCC(O)COC. The van der Waals surface area contributed by atoms with Gasteiger partial charge in [0.15, 0.2) is 0 Å². The summed E-state index contributed by atoms with van der Waals surface area (Å²) < 4.78 is 4.79. The van der Waals surface area contributed by atoms with Crippen molar-refractivity contribution >= 4 is 5.91 Å². The molecule has 1 amide bonds. The second kappa shape index (κ2) is 8.64. The molecule has 0 fully saturated rings. The van der Waals surface area contributed by atoms with Crippen LogP contribution in [0.4, 0.5) is 0 Å². The molecular weight excluding hydrogens is 196 g/mol. The van der Waals surface area contributed by atoms with Crippen LogP contribution in [0, 0.1) is 0 Å².